The maximum atomic E-state index is 11.2. The average molecular weight is 394 g/mol. The van der Waals surface area contributed by atoms with Crippen LogP contribution >= 0.6 is 11.6 Å². The summed E-state index contributed by atoms with van der Waals surface area (Å²) in [4.78, 5) is 11.2. The van der Waals surface area contributed by atoms with Crippen LogP contribution in [0.4, 0.5) is 0 Å². The van der Waals surface area contributed by atoms with Crippen LogP contribution in [0.3, 0.4) is 0 Å². The summed E-state index contributed by atoms with van der Waals surface area (Å²) >= 11 is 6.08. The molecule has 3 rings (SSSR count). The third-order valence-electron chi connectivity index (χ3n) is 4.96. The fourth-order valence-corrected chi connectivity index (χ4v) is 3.81. The Morgan fingerprint density at radius 2 is 1.21 bits per heavy atom. The van der Waals surface area contributed by atoms with Gasteiger partial charge in [-0.1, -0.05) is 91.0 Å². The Kier molecular flexibility index (Phi) is 6.85. The summed E-state index contributed by atoms with van der Waals surface area (Å²) in [7, 11) is 0. The van der Waals surface area contributed by atoms with E-state index in [4.69, 9.17) is 11.6 Å². The molecule has 0 aliphatic carbocycles. The van der Waals surface area contributed by atoms with Gasteiger partial charge in [0.1, 0.15) is 0 Å². The first-order valence-electron chi connectivity index (χ1n) is 9.36. The molecule has 3 aromatic carbocycles. The van der Waals surface area contributed by atoms with Crippen LogP contribution < -0.4 is 5.32 Å². The minimum Gasteiger partial charge on any atom is -0.481 e. The lowest BCUT2D eigenvalue weighted by molar-refractivity contribution is -0.137. The molecule has 3 nitrogen and oxygen atoms in total. The molecule has 0 bridgehead atoms. The third-order valence-corrected chi connectivity index (χ3v) is 5.39. The van der Waals surface area contributed by atoms with Crippen LogP contribution in [-0.4, -0.2) is 23.5 Å². The van der Waals surface area contributed by atoms with Crippen molar-refractivity contribution in [3.63, 3.8) is 0 Å². The van der Waals surface area contributed by atoms with Crippen molar-refractivity contribution in [2.45, 2.75) is 12.0 Å². The number of benzene rings is 3. The average Bonchev–Trinajstić information content (AvgIpc) is 2.75. The molecule has 0 unspecified atom stereocenters. The molecule has 1 atom stereocenters. The van der Waals surface area contributed by atoms with Gasteiger partial charge in [0.25, 0.3) is 0 Å². The largest absolute Gasteiger partial charge is 0.481 e. The van der Waals surface area contributed by atoms with E-state index in [0.717, 1.165) is 16.7 Å². The number of hydrogen-bond acceptors (Lipinski definition) is 2. The highest BCUT2D eigenvalue weighted by Gasteiger charge is 2.36. The van der Waals surface area contributed by atoms with Crippen molar-refractivity contribution in [1.29, 1.82) is 0 Å². The van der Waals surface area contributed by atoms with Gasteiger partial charge < -0.3 is 5.11 Å². The zero-order valence-electron chi connectivity index (χ0n) is 15.6. The maximum absolute atomic E-state index is 11.2. The molecule has 4 heteroatoms. The van der Waals surface area contributed by atoms with Gasteiger partial charge in [0.15, 0.2) is 0 Å². The molecule has 0 saturated carbocycles. The number of hydrogen-bond donors (Lipinski definition) is 2. The van der Waals surface area contributed by atoms with Crippen LogP contribution in [0.5, 0.6) is 0 Å². The molecule has 0 saturated heterocycles. The number of carboxylic acids is 1. The van der Waals surface area contributed by atoms with Crippen molar-refractivity contribution in [3.8, 4) is 0 Å². The lowest BCUT2D eigenvalue weighted by Crippen LogP contribution is -2.47. The minimum atomic E-state index is -0.836. The summed E-state index contributed by atoms with van der Waals surface area (Å²) in [5.41, 5.74) is 2.68. The molecule has 0 amide bonds. The molecule has 0 spiro atoms. The van der Waals surface area contributed by atoms with Gasteiger partial charge >= 0.3 is 5.97 Å². The van der Waals surface area contributed by atoms with E-state index in [1.807, 2.05) is 54.6 Å². The highest BCUT2D eigenvalue weighted by atomic mass is 35.5. The first-order valence-corrected chi connectivity index (χ1v) is 9.89. The Morgan fingerprint density at radius 1 is 0.821 bits per heavy atom. The summed E-state index contributed by atoms with van der Waals surface area (Å²) in [6, 6.07) is 30.7. The van der Waals surface area contributed by atoms with E-state index in [-0.39, 0.29) is 18.2 Å². The molecule has 0 fully saturated rings. The zero-order valence-corrected chi connectivity index (χ0v) is 16.3. The van der Waals surface area contributed by atoms with Gasteiger partial charge in [-0.05, 0) is 22.6 Å². The molecule has 28 heavy (non-hydrogen) atoms. The monoisotopic (exact) mass is 393 g/mol. The Morgan fingerprint density at radius 3 is 1.54 bits per heavy atom. The van der Waals surface area contributed by atoms with Crippen LogP contribution in [-0.2, 0) is 10.3 Å². The zero-order chi connectivity index (χ0) is 19.8. The standard InChI is InChI=1S/C24H24ClNO2/c25-17-19(16-23(27)28)18-26-24(20-10-4-1-5-11-20,21-12-6-2-7-13-21)22-14-8-3-9-15-22/h1-15,19,26H,16-18H2,(H,27,28)/t19-/m1/s1. The summed E-state index contributed by atoms with van der Waals surface area (Å²) in [5, 5.41) is 12.9. The van der Waals surface area contributed by atoms with E-state index in [1.165, 1.54) is 0 Å². The van der Waals surface area contributed by atoms with Gasteiger partial charge in [0, 0.05) is 12.4 Å². The number of carboxylic acid groups (broad SMARTS) is 1. The SMILES string of the molecule is O=C(O)C[C@H](CCl)CNC(c1ccccc1)(c1ccccc1)c1ccccc1. The lowest BCUT2D eigenvalue weighted by atomic mass is 9.76. The number of halogens is 1. The molecule has 0 radical (unpaired) electrons. The van der Waals surface area contributed by atoms with Crippen molar-refractivity contribution >= 4 is 17.6 Å². The van der Waals surface area contributed by atoms with E-state index < -0.39 is 11.5 Å². The third kappa shape index (κ3) is 4.44. The summed E-state index contributed by atoms with van der Waals surface area (Å²) in [5.74, 6) is -0.722. The molecule has 2 N–H and O–H groups in total. The van der Waals surface area contributed by atoms with Crippen LogP contribution in [0, 0.1) is 5.92 Å². The molecule has 0 aromatic heterocycles. The Bertz CT molecular complexity index is 772. The number of nitrogens with one attached hydrogen (secondary N) is 1. The highest BCUT2D eigenvalue weighted by molar-refractivity contribution is 6.18. The van der Waals surface area contributed by atoms with Gasteiger partial charge in [-0.25, -0.2) is 0 Å². The number of rotatable bonds is 9. The molecule has 144 valence electrons. The predicted molar refractivity (Wildman–Crippen MR) is 114 cm³/mol. The van der Waals surface area contributed by atoms with Gasteiger partial charge in [-0.3, -0.25) is 10.1 Å². The van der Waals surface area contributed by atoms with Gasteiger partial charge in [-0.2, -0.15) is 0 Å². The second-order valence-electron chi connectivity index (χ2n) is 6.85. The van der Waals surface area contributed by atoms with Crippen molar-refractivity contribution < 1.29 is 9.90 Å². The molecular weight excluding hydrogens is 370 g/mol. The second kappa shape index (κ2) is 9.54. The first kappa shape index (κ1) is 20.1. The number of alkyl halides is 1. The number of carbonyl (C=O) groups is 1. The molecule has 0 aliphatic rings. The lowest BCUT2D eigenvalue weighted by Gasteiger charge is -2.38. The Balaban J connectivity index is 2.12. The van der Waals surface area contributed by atoms with E-state index in [1.54, 1.807) is 0 Å². The van der Waals surface area contributed by atoms with Gasteiger partial charge in [0.2, 0.25) is 0 Å². The van der Waals surface area contributed by atoms with E-state index >= 15 is 0 Å². The second-order valence-corrected chi connectivity index (χ2v) is 7.16. The molecular formula is C24H24ClNO2. The van der Waals surface area contributed by atoms with E-state index in [2.05, 4.69) is 41.7 Å². The van der Waals surface area contributed by atoms with Crippen molar-refractivity contribution in [2.75, 3.05) is 12.4 Å². The summed E-state index contributed by atoms with van der Waals surface area (Å²) in [6.07, 6.45) is 0.0327. The predicted octanol–water partition coefficient (Wildman–Crippen LogP) is 4.90. The van der Waals surface area contributed by atoms with Gasteiger partial charge in [-0.15, -0.1) is 11.6 Å². The Hall–Kier alpha value is -2.62. The minimum absolute atomic E-state index is 0.0327. The van der Waals surface area contributed by atoms with E-state index in [9.17, 15) is 9.90 Å². The maximum Gasteiger partial charge on any atom is 0.303 e. The van der Waals surface area contributed by atoms with Crippen molar-refractivity contribution in [1.82, 2.24) is 5.32 Å². The smallest absolute Gasteiger partial charge is 0.303 e. The molecule has 0 heterocycles. The van der Waals surface area contributed by atoms with Crippen LogP contribution in [0.25, 0.3) is 0 Å². The number of aliphatic carboxylic acids is 1. The van der Waals surface area contributed by atoms with Gasteiger partial charge in [0.05, 0.1) is 12.0 Å². The van der Waals surface area contributed by atoms with Crippen molar-refractivity contribution in [2.24, 2.45) is 5.92 Å². The fourth-order valence-electron chi connectivity index (χ4n) is 3.60. The van der Waals surface area contributed by atoms with Crippen LogP contribution in [0.2, 0.25) is 0 Å². The van der Waals surface area contributed by atoms with E-state index in [0.29, 0.717) is 6.54 Å². The topological polar surface area (TPSA) is 49.3 Å². The molecule has 0 aliphatic heterocycles. The first-order chi connectivity index (χ1) is 13.7. The fraction of sp³-hybridized carbons (Fsp3) is 0.208. The van der Waals surface area contributed by atoms with Crippen LogP contribution in [0.15, 0.2) is 91.0 Å². The molecule has 3 aromatic rings. The quantitative estimate of drug-likeness (QED) is 0.401. The highest BCUT2D eigenvalue weighted by Crippen LogP contribution is 2.36. The summed E-state index contributed by atoms with van der Waals surface area (Å²) in [6.45, 7) is 0.481. The normalized spacial score (nSPS) is 12.5. The Labute approximate surface area is 171 Å². The van der Waals surface area contributed by atoms with Crippen molar-refractivity contribution in [3.05, 3.63) is 108 Å². The van der Waals surface area contributed by atoms with Crippen LogP contribution in [0.1, 0.15) is 23.1 Å². The summed E-state index contributed by atoms with van der Waals surface area (Å²) < 4.78 is 0.